The van der Waals surface area contributed by atoms with E-state index in [-0.39, 0.29) is 46.5 Å². The van der Waals surface area contributed by atoms with Gasteiger partial charge in [0.1, 0.15) is 0 Å². The zero-order chi connectivity index (χ0) is 13.4. The van der Waals surface area contributed by atoms with Gasteiger partial charge in [-0.05, 0) is 0 Å². The van der Waals surface area contributed by atoms with Crippen LogP contribution in [0, 0.1) is 0 Å². The zero-order valence-electron chi connectivity index (χ0n) is 13.6. The SMILES string of the molecule is [Cl-].[Cl-].[Ti+2].c1c[c-]2c(c1CC[c-]1ccc3c1CCCC3)CCCC2. The molecular formula is C20H24Cl2Ti-2. The molecule has 2 aliphatic carbocycles. The van der Waals surface area contributed by atoms with E-state index < -0.39 is 0 Å². The average Bonchev–Trinajstić information content (AvgIpc) is 3.09. The first-order valence-electron chi connectivity index (χ1n) is 8.44. The molecular weight excluding hydrogens is 359 g/mol. The van der Waals surface area contributed by atoms with Crippen LogP contribution < -0.4 is 24.8 Å². The Labute approximate surface area is 167 Å². The standard InChI is InChI=1S/C20H24.2ClH.Ti/c1-3-7-19-15(5-1)9-11-17(19)13-14-18-12-10-16-6-2-4-8-20(16)18;;;/h9-12H,1-8,13-14H2;2*1H;/q-2;;;+2/p-2. The largest absolute Gasteiger partial charge is 2.00 e. The third-order valence-corrected chi connectivity index (χ3v) is 5.43. The van der Waals surface area contributed by atoms with Gasteiger partial charge in [-0.15, -0.1) is 0 Å². The van der Waals surface area contributed by atoms with Gasteiger partial charge in [-0.3, -0.25) is 0 Å². The fourth-order valence-electron chi connectivity index (χ4n) is 4.30. The van der Waals surface area contributed by atoms with E-state index in [4.69, 9.17) is 0 Å². The molecule has 2 aromatic carbocycles. The van der Waals surface area contributed by atoms with Crippen molar-refractivity contribution < 1.29 is 46.5 Å². The first kappa shape index (κ1) is 21.0. The van der Waals surface area contributed by atoms with E-state index in [0.29, 0.717) is 0 Å². The van der Waals surface area contributed by atoms with Crippen LogP contribution >= 0.6 is 0 Å². The molecule has 0 N–H and O–H groups in total. The van der Waals surface area contributed by atoms with Crippen LogP contribution in [0.4, 0.5) is 0 Å². The summed E-state index contributed by atoms with van der Waals surface area (Å²) < 4.78 is 0. The van der Waals surface area contributed by atoms with Gasteiger partial charge in [0.15, 0.2) is 0 Å². The fraction of sp³-hybridized carbons (Fsp3) is 0.500. The molecule has 0 amide bonds. The van der Waals surface area contributed by atoms with E-state index in [1.807, 2.05) is 0 Å². The average molecular weight is 383 g/mol. The molecule has 0 unspecified atom stereocenters. The van der Waals surface area contributed by atoms with Crippen LogP contribution in [0.15, 0.2) is 24.3 Å². The second-order valence-corrected chi connectivity index (χ2v) is 6.64. The van der Waals surface area contributed by atoms with Crippen LogP contribution in [0.3, 0.4) is 0 Å². The van der Waals surface area contributed by atoms with Gasteiger partial charge < -0.3 is 24.8 Å². The van der Waals surface area contributed by atoms with Crippen LogP contribution in [0.5, 0.6) is 0 Å². The molecule has 4 rings (SSSR count). The Bertz CT molecular complexity index is 555. The number of hydrogen-bond acceptors (Lipinski definition) is 0. The van der Waals surface area contributed by atoms with Gasteiger partial charge >= 0.3 is 21.7 Å². The van der Waals surface area contributed by atoms with E-state index in [9.17, 15) is 0 Å². The van der Waals surface area contributed by atoms with Gasteiger partial charge in [0.05, 0.1) is 0 Å². The molecule has 0 bridgehead atoms. The molecule has 0 aliphatic heterocycles. The molecule has 0 heterocycles. The first-order chi connectivity index (χ1) is 9.92. The molecule has 0 saturated carbocycles. The van der Waals surface area contributed by atoms with Crippen molar-refractivity contribution in [1.82, 2.24) is 0 Å². The molecule has 0 saturated heterocycles. The topological polar surface area (TPSA) is 0 Å². The maximum absolute atomic E-state index is 2.41. The Kier molecular flexibility index (Phi) is 8.66. The third-order valence-electron chi connectivity index (χ3n) is 5.43. The summed E-state index contributed by atoms with van der Waals surface area (Å²) in [6, 6.07) is 9.60. The predicted molar refractivity (Wildman–Crippen MR) is 84.8 cm³/mol. The molecule has 0 spiro atoms. The minimum absolute atomic E-state index is 0. The maximum atomic E-state index is 2.41. The smallest absolute Gasteiger partial charge is 1.00 e. The second-order valence-electron chi connectivity index (χ2n) is 6.64. The van der Waals surface area contributed by atoms with Crippen molar-refractivity contribution in [2.45, 2.75) is 64.2 Å². The van der Waals surface area contributed by atoms with Crippen molar-refractivity contribution in [2.75, 3.05) is 0 Å². The van der Waals surface area contributed by atoms with Gasteiger partial charge in [-0.2, -0.15) is 45.5 Å². The molecule has 2 aromatic rings. The molecule has 2 aliphatic rings. The first-order valence-corrected chi connectivity index (χ1v) is 8.44. The Morgan fingerprint density at radius 2 is 1.57 bits per heavy atom. The summed E-state index contributed by atoms with van der Waals surface area (Å²) in [5.74, 6) is 0. The van der Waals surface area contributed by atoms with E-state index in [1.54, 1.807) is 33.4 Å². The third kappa shape index (κ3) is 4.34. The zero-order valence-corrected chi connectivity index (χ0v) is 16.7. The predicted octanol–water partition coefficient (Wildman–Crippen LogP) is -1.33. The van der Waals surface area contributed by atoms with Crippen LogP contribution in [0.1, 0.15) is 59.1 Å². The molecule has 0 fully saturated rings. The van der Waals surface area contributed by atoms with Crippen LogP contribution in [-0.4, -0.2) is 0 Å². The van der Waals surface area contributed by atoms with Crippen molar-refractivity contribution >= 4 is 0 Å². The van der Waals surface area contributed by atoms with E-state index in [1.165, 1.54) is 64.2 Å². The minimum Gasteiger partial charge on any atom is -1.00 e. The number of hydrogen-bond donors (Lipinski definition) is 0. The van der Waals surface area contributed by atoms with Gasteiger partial charge in [0.2, 0.25) is 0 Å². The van der Waals surface area contributed by atoms with Crippen molar-refractivity contribution in [3.63, 3.8) is 0 Å². The Hall–Kier alpha value is -0.00571. The van der Waals surface area contributed by atoms with Crippen molar-refractivity contribution in [3.8, 4) is 0 Å². The van der Waals surface area contributed by atoms with Crippen molar-refractivity contribution in [3.05, 3.63) is 57.6 Å². The molecule has 0 radical (unpaired) electrons. The summed E-state index contributed by atoms with van der Waals surface area (Å²) >= 11 is 0. The van der Waals surface area contributed by atoms with Crippen molar-refractivity contribution in [1.29, 1.82) is 0 Å². The van der Waals surface area contributed by atoms with Gasteiger partial charge in [0, 0.05) is 0 Å². The molecule has 23 heavy (non-hydrogen) atoms. The summed E-state index contributed by atoms with van der Waals surface area (Å²) in [6.07, 6.45) is 13.4. The summed E-state index contributed by atoms with van der Waals surface area (Å²) in [5, 5.41) is 0. The monoisotopic (exact) mass is 382 g/mol. The molecule has 0 aromatic heterocycles. The summed E-state index contributed by atoms with van der Waals surface area (Å²) in [6.45, 7) is 0. The number of aryl methyl sites for hydroxylation is 4. The van der Waals surface area contributed by atoms with E-state index >= 15 is 0 Å². The second kappa shape index (κ2) is 9.47. The van der Waals surface area contributed by atoms with Crippen molar-refractivity contribution in [2.24, 2.45) is 0 Å². The quantitative estimate of drug-likeness (QED) is 0.456. The number of halogens is 2. The molecule has 0 atom stereocenters. The fourth-order valence-corrected chi connectivity index (χ4v) is 4.30. The Morgan fingerprint density at radius 1 is 0.826 bits per heavy atom. The molecule has 124 valence electrons. The van der Waals surface area contributed by atoms with Gasteiger partial charge in [0.25, 0.3) is 0 Å². The van der Waals surface area contributed by atoms with E-state index in [2.05, 4.69) is 24.3 Å². The summed E-state index contributed by atoms with van der Waals surface area (Å²) in [4.78, 5) is 0. The summed E-state index contributed by atoms with van der Waals surface area (Å²) in [7, 11) is 0. The summed E-state index contributed by atoms with van der Waals surface area (Å²) in [5.41, 5.74) is 10.00. The van der Waals surface area contributed by atoms with Crippen LogP contribution in [0.2, 0.25) is 0 Å². The molecule has 0 nitrogen and oxygen atoms in total. The number of rotatable bonds is 3. The Balaban J connectivity index is 0.000000882. The van der Waals surface area contributed by atoms with Gasteiger partial charge in [-0.1, -0.05) is 64.2 Å². The van der Waals surface area contributed by atoms with Crippen LogP contribution in [-0.2, 0) is 60.2 Å². The van der Waals surface area contributed by atoms with Gasteiger partial charge in [-0.25, -0.2) is 12.1 Å². The van der Waals surface area contributed by atoms with E-state index in [0.717, 1.165) is 0 Å². The normalized spacial score (nSPS) is 15.5. The Morgan fingerprint density at radius 3 is 2.43 bits per heavy atom. The van der Waals surface area contributed by atoms with Crippen LogP contribution in [0.25, 0.3) is 0 Å². The maximum Gasteiger partial charge on any atom is 2.00 e. The number of fused-ring (bicyclic) bond motifs is 2. The molecule has 3 heteroatoms. The minimum atomic E-state index is 0.